The Kier molecular flexibility index (Phi) is 4.60. The van der Waals surface area contributed by atoms with Crippen molar-refractivity contribution in [2.75, 3.05) is 13.2 Å². The fourth-order valence-electron chi connectivity index (χ4n) is 6.79. The van der Waals surface area contributed by atoms with Crippen molar-refractivity contribution in [1.82, 2.24) is 0 Å². The fourth-order valence-corrected chi connectivity index (χ4v) is 6.79. The summed E-state index contributed by atoms with van der Waals surface area (Å²) in [5, 5.41) is 0. The predicted octanol–water partition coefficient (Wildman–Crippen LogP) is 4.75. The van der Waals surface area contributed by atoms with Gasteiger partial charge < -0.3 is 9.47 Å². The van der Waals surface area contributed by atoms with Gasteiger partial charge in [0.15, 0.2) is 5.79 Å². The van der Waals surface area contributed by atoms with Crippen molar-refractivity contribution >= 4 is 5.78 Å². The summed E-state index contributed by atoms with van der Waals surface area (Å²) in [5.74, 6) is 2.95. The molecule has 3 saturated carbocycles. The van der Waals surface area contributed by atoms with E-state index in [1.54, 1.807) is 0 Å². The fraction of sp³-hybridized carbons (Fsp3) is 0.864. The van der Waals surface area contributed by atoms with Gasteiger partial charge in [0.25, 0.3) is 0 Å². The van der Waals surface area contributed by atoms with Crippen LogP contribution >= 0.6 is 0 Å². The smallest absolute Gasteiger partial charge is 0.174 e. The lowest BCUT2D eigenvalue weighted by atomic mass is 9.53. The van der Waals surface area contributed by atoms with E-state index in [0.29, 0.717) is 29.5 Å². The van der Waals surface area contributed by atoms with Gasteiger partial charge in [-0.3, -0.25) is 4.79 Å². The van der Waals surface area contributed by atoms with E-state index >= 15 is 0 Å². The van der Waals surface area contributed by atoms with Gasteiger partial charge >= 0.3 is 0 Å². The summed E-state index contributed by atoms with van der Waals surface area (Å²) < 4.78 is 12.4. The quantitative estimate of drug-likeness (QED) is 0.689. The van der Waals surface area contributed by atoms with Gasteiger partial charge in [0, 0.05) is 24.2 Å². The molecule has 4 aliphatic rings. The van der Waals surface area contributed by atoms with Gasteiger partial charge in [0.1, 0.15) is 5.78 Å². The van der Waals surface area contributed by atoms with Crippen molar-refractivity contribution in [3.05, 3.63) is 12.7 Å². The molecule has 6 atom stereocenters. The molecule has 0 bridgehead atoms. The van der Waals surface area contributed by atoms with Gasteiger partial charge in [0.2, 0.25) is 0 Å². The molecule has 1 heterocycles. The second-order valence-corrected chi connectivity index (χ2v) is 9.28. The van der Waals surface area contributed by atoms with Crippen molar-refractivity contribution in [1.29, 1.82) is 0 Å². The van der Waals surface area contributed by atoms with Crippen molar-refractivity contribution < 1.29 is 14.3 Å². The van der Waals surface area contributed by atoms with E-state index in [2.05, 4.69) is 20.4 Å². The second kappa shape index (κ2) is 6.49. The number of carbonyl (C=O) groups excluding carboxylic acids is 1. The maximum Gasteiger partial charge on any atom is 0.174 e. The third-order valence-electron chi connectivity index (χ3n) is 8.28. The van der Waals surface area contributed by atoms with E-state index in [4.69, 9.17) is 9.47 Å². The summed E-state index contributed by atoms with van der Waals surface area (Å²) in [7, 11) is 0. The number of carbonyl (C=O) groups is 1. The van der Waals surface area contributed by atoms with Crippen molar-refractivity contribution in [3.8, 4) is 0 Å². The Labute approximate surface area is 152 Å². The number of Topliss-reactive ketones (excluding diaryl/α,β-unsaturated/α-hetero) is 1. The van der Waals surface area contributed by atoms with Gasteiger partial charge in [-0.05, 0) is 62.2 Å². The van der Waals surface area contributed by atoms with E-state index in [1.165, 1.54) is 12.8 Å². The maximum absolute atomic E-state index is 12.7. The van der Waals surface area contributed by atoms with Crippen LogP contribution in [0.15, 0.2) is 12.7 Å². The van der Waals surface area contributed by atoms with Gasteiger partial charge in [0.05, 0.1) is 13.2 Å². The highest BCUT2D eigenvalue weighted by atomic mass is 16.7. The monoisotopic (exact) mass is 346 g/mol. The Morgan fingerprint density at radius 1 is 1.20 bits per heavy atom. The van der Waals surface area contributed by atoms with E-state index in [1.807, 2.05) is 6.08 Å². The van der Waals surface area contributed by atoms with Crippen molar-refractivity contribution in [2.24, 2.45) is 35.0 Å². The molecule has 25 heavy (non-hydrogen) atoms. The minimum absolute atomic E-state index is 0.143. The third-order valence-corrected chi connectivity index (χ3v) is 8.28. The number of hydrogen-bond donors (Lipinski definition) is 0. The first-order valence-electron chi connectivity index (χ1n) is 10.4. The van der Waals surface area contributed by atoms with E-state index in [-0.39, 0.29) is 17.1 Å². The highest BCUT2D eigenvalue weighted by Crippen LogP contribution is 2.65. The molecule has 0 radical (unpaired) electrons. The van der Waals surface area contributed by atoms with Gasteiger partial charge in [-0.25, -0.2) is 0 Å². The topological polar surface area (TPSA) is 35.5 Å². The highest BCUT2D eigenvalue weighted by molar-refractivity contribution is 5.82. The standard InChI is InChI=1S/C22H34O3/c1-4-15(2)5-6-18-16-9-11-21(3)19(17(16)7-8-20(18)23)10-12-22(21)24-13-14-25-22/h4,15-19H,1,5-14H2,2-3H3/t15?,16?,17?,18?,19?,21-/m1/s1. The zero-order chi connectivity index (χ0) is 17.7. The molecule has 3 heteroatoms. The summed E-state index contributed by atoms with van der Waals surface area (Å²) in [6.45, 7) is 10.0. The summed E-state index contributed by atoms with van der Waals surface area (Å²) in [5.41, 5.74) is 0.143. The molecule has 0 N–H and O–H groups in total. The molecule has 4 fully saturated rings. The van der Waals surface area contributed by atoms with Crippen LogP contribution in [-0.2, 0) is 14.3 Å². The molecule has 0 amide bonds. The number of ketones is 1. The zero-order valence-corrected chi connectivity index (χ0v) is 16.0. The van der Waals surface area contributed by atoms with E-state index in [9.17, 15) is 4.79 Å². The molecule has 0 aromatic carbocycles. The molecule has 140 valence electrons. The average Bonchev–Trinajstić information content (AvgIpc) is 3.20. The Hall–Kier alpha value is -0.670. The van der Waals surface area contributed by atoms with Crippen LogP contribution < -0.4 is 0 Å². The molecule has 3 aliphatic carbocycles. The summed E-state index contributed by atoms with van der Waals surface area (Å²) in [6.07, 6.45) is 10.6. The van der Waals surface area contributed by atoms with Gasteiger partial charge in [-0.2, -0.15) is 0 Å². The molecule has 1 spiro atoms. The molecule has 3 nitrogen and oxygen atoms in total. The normalized spacial score (nSPS) is 43.7. The second-order valence-electron chi connectivity index (χ2n) is 9.28. The van der Waals surface area contributed by atoms with Crippen molar-refractivity contribution in [3.63, 3.8) is 0 Å². The lowest BCUT2D eigenvalue weighted by Gasteiger charge is -2.54. The minimum Gasteiger partial charge on any atom is -0.347 e. The van der Waals surface area contributed by atoms with Gasteiger partial charge in [-0.15, -0.1) is 6.58 Å². The highest BCUT2D eigenvalue weighted by Gasteiger charge is 2.65. The number of allylic oxidation sites excluding steroid dienone is 1. The molecule has 0 aromatic rings. The molecular formula is C22H34O3. The molecule has 4 rings (SSSR count). The largest absolute Gasteiger partial charge is 0.347 e. The van der Waals surface area contributed by atoms with E-state index < -0.39 is 0 Å². The van der Waals surface area contributed by atoms with E-state index in [0.717, 1.165) is 51.7 Å². The number of ether oxygens (including phenoxy) is 2. The Morgan fingerprint density at radius 2 is 1.96 bits per heavy atom. The molecular weight excluding hydrogens is 312 g/mol. The lowest BCUT2D eigenvalue weighted by molar-refractivity contribution is -0.241. The molecule has 0 aromatic heterocycles. The van der Waals surface area contributed by atoms with Crippen LogP contribution in [0.3, 0.4) is 0 Å². The van der Waals surface area contributed by atoms with Crippen LogP contribution in [0.2, 0.25) is 0 Å². The van der Waals surface area contributed by atoms with Crippen LogP contribution in [0, 0.1) is 35.0 Å². The van der Waals surface area contributed by atoms with Gasteiger partial charge in [-0.1, -0.05) is 19.9 Å². The Morgan fingerprint density at radius 3 is 2.68 bits per heavy atom. The summed E-state index contributed by atoms with van der Waals surface area (Å²) in [6, 6.07) is 0. The first-order valence-corrected chi connectivity index (χ1v) is 10.4. The van der Waals surface area contributed by atoms with Crippen LogP contribution in [0.5, 0.6) is 0 Å². The number of hydrogen-bond acceptors (Lipinski definition) is 3. The lowest BCUT2D eigenvalue weighted by Crippen LogP contribution is -2.53. The van der Waals surface area contributed by atoms with Crippen LogP contribution in [0.1, 0.15) is 65.2 Å². The summed E-state index contributed by atoms with van der Waals surface area (Å²) >= 11 is 0. The zero-order valence-electron chi connectivity index (χ0n) is 16.0. The average molecular weight is 347 g/mol. The molecule has 5 unspecified atom stereocenters. The van der Waals surface area contributed by atoms with Crippen LogP contribution in [0.4, 0.5) is 0 Å². The Bertz CT molecular complexity index is 535. The number of fused-ring (bicyclic) bond motifs is 4. The molecule has 1 saturated heterocycles. The summed E-state index contributed by atoms with van der Waals surface area (Å²) in [4.78, 5) is 12.7. The van der Waals surface area contributed by atoms with Crippen LogP contribution in [-0.4, -0.2) is 24.8 Å². The Balaban J connectivity index is 1.53. The number of rotatable bonds is 4. The van der Waals surface area contributed by atoms with Crippen molar-refractivity contribution in [2.45, 2.75) is 71.0 Å². The first kappa shape index (κ1) is 17.7. The predicted molar refractivity (Wildman–Crippen MR) is 98.0 cm³/mol. The first-order chi connectivity index (χ1) is 12.0. The SMILES string of the molecule is C=CC(C)CCC1C(=O)CCC2C1CC[C@]1(C)C2CCC12OCCO2. The third kappa shape index (κ3) is 2.65. The minimum atomic E-state index is -0.322. The molecule has 1 aliphatic heterocycles. The maximum atomic E-state index is 12.7. The van der Waals surface area contributed by atoms with Crippen LogP contribution in [0.25, 0.3) is 0 Å².